The molecule has 1 aliphatic rings. The minimum Gasteiger partial charge on any atom is -0.367 e. The Morgan fingerprint density at radius 2 is 2.29 bits per heavy atom. The Morgan fingerprint density at radius 3 is 2.88 bits per heavy atom. The third-order valence-corrected chi connectivity index (χ3v) is 2.93. The van der Waals surface area contributed by atoms with Crippen molar-refractivity contribution in [1.29, 1.82) is 0 Å². The van der Waals surface area contributed by atoms with Gasteiger partial charge in [0, 0.05) is 25.3 Å². The standard InChI is InChI=1S/C13H17FN2O/c1-9(17)6-10-4-3-5-12(15-10)16-11-7-13(2,14)8-11/h3-5,11H,6-8H2,1-2H3,(H,15,16). The molecule has 0 aliphatic heterocycles. The van der Waals surface area contributed by atoms with E-state index in [9.17, 15) is 9.18 Å². The molecule has 1 saturated carbocycles. The van der Waals surface area contributed by atoms with E-state index in [0.29, 0.717) is 19.3 Å². The van der Waals surface area contributed by atoms with Gasteiger partial charge < -0.3 is 5.32 Å². The summed E-state index contributed by atoms with van der Waals surface area (Å²) in [4.78, 5) is 15.3. The number of nitrogens with zero attached hydrogens (tertiary/aromatic N) is 1. The Hall–Kier alpha value is -1.45. The van der Waals surface area contributed by atoms with Crippen molar-refractivity contribution < 1.29 is 9.18 Å². The summed E-state index contributed by atoms with van der Waals surface area (Å²) in [5.41, 5.74) is -0.279. The number of carbonyl (C=O) groups is 1. The maximum atomic E-state index is 13.3. The average molecular weight is 236 g/mol. The molecule has 0 aromatic carbocycles. The zero-order valence-electron chi connectivity index (χ0n) is 10.2. The number of ketones is 1. The molecular weight excluding hydrogens is 219 g/mol. The highest BCUT2D eigenvalue weighted by Crippen LogP contribution is 2.36. The highest BCUT2D eigenvalue weighted by molar-refractivity contribution is 5.77. The fourth-order valence-corrected chi connectivity index (χ4v) is 2.19. The molecule has 1 aromatic rings. The summed E-state index contributed by atoms with van der Waals surface area (Å²) in [6.07, 6.45) is 1.39. The fraction of sp³-hybridized carbons (Fsp3) is 0.538. The molecule has 92 valence electrons. The summed E-state index contributed by atoms with van der Waals surface area (Å²) in [5.74, 6) is 0.818. The van der Waals surface area contributed by atoms with E-state index < -0.39 is 5.67 Å². The number of halogens is 1. The molecular formula is C13H17FN2O. The first-order chi connectivity index (χ1) is 7.94. The molecule has 0 amide bonds. The number of rotatable bonds is 4. The van der Waals surface area contributed by atoms with Crippen LogP contribution in [0.4, 0.5) is 10.2 Å². The molecule has 1 aromatic heterocycles. The molecule has 1 N–H and O–H groups in total. The molecule has 0 radical (unpaired) electrons. The Bertz CT molecular complexity index is 423. The van der Waals surface area contributed by atoms with E-state index in [0.717, 1.165) is 11.5 Å². The molecule has 17 heavy (non-hydrogen) atoms. The Morgan fingerprint density at radius 1 is 1.59 bits per heavy atom. The van der Waals surface area contributed by atoms with Crippen LogP contribution in [-0.4, -0.2) is 22.5 Å². The first kappa shape index (κ1) is 12.0. The van der Waals surface area contributed by atoms with Crippen molar-refractivity contribution in [3.05, 3.63) is 23.9 Å². The van der Waals surface area contributed by atoms with E-state index in [1.165, 1.54) is 0 Å². The van der Waals surface area contributed by atoms with Gasteiger partial charge in [-0.15, -0.1) is 0 Å². The van der Waals surface area contributed by atoms with Gasteiger partial charge in [-0.05, 0) is 26.0 Å². The van der Waals surface area contributed by atoms with E-state index >= 15 is 0 Å². The van der Waals surface area contributed by atoms with Crippen molar-refractivity contribution in [2.75, 3.05) is 5.32 Å². The second kappa shape index (κ2) is 4.43. The number of Topliss-reactive ketones (excluding diaryl/α,β-unsaturated/α-hetero) is 1. The molecule has 3 nitrogen and oxygen atoms in total. The third-order valence-electron chi connectivity index (χ3n) is 2.93. The van der Waals surface area contributed by atoms with Gasteiger partial charge in [-0.25, -0.2) is 9.37 Å². The van der Waals surface area contributed by atoms with Gasteiger partial charge in [0.2, 0.25) is 0 Å². The Balaban J connectivity index is 1.95. The molecule has 4 heteroatoms. The highest BCUT2D eigenvalue weighted by atomic mass is 19.1. The van der Waals surface area contributed by atoms with Crippen LogP contribution in [0.2, 0.25) is 0 Å². The summed E-state index contributed by atoms with van der Waals surface area (Å²) in [6, 6.07) is 5.69. The lowest BCUT2D eigenvalue weighted by Gasteiger charge is -2.39. The molecule has 0 saturated heterocycles. The van der Waals surface area contributed by atoms with Crippen molar-refractivity contribution in [2.45, 2.75) is 44.8 Å². The fourth-order valence-electron chi connectivity index (χ4n) is 2.19. The van der Waals surface area contributed by atoms with E-state index in [4.69, 9.17) is 0 Å². The topological polar surface area (TPSA) is 42.0 Å². The lowest BCUT2D eigenvalue weighted by atomic mass is 9.79. The van der Waals surface area contributed by atoms with Gasteiger partial charge >= 0.3 is 0 Å². The van der Waals surface area contributed by atoms with Crippen LogP contribution in [0.15, 0.2) is 18.2 Å². The van der Waals surface area contributed by atoms with Crippen LogP contribution < -0.4 is 5.32 Å². The van der Waals surface area contributed by atoms with Crippen molar-refractivity contribution >= 4 is 11.6 Å². The van der Waals surface area contributed by atoms with E-state index in [1.54, 1.807) is 13.8 Å². The number of aromatic nitrogens is 1. The second-order valence-corrected chi connectivity index (χ2v) is 5.06. The summed E-state index contributed by atoms with van der Waals surface area (Å²) in [6.45, 7) is 3.16. The van der Waals surface area contributed by atoms with Crippen molar-refractivity contribution in [3.63, 3.8) is 0 Å². The van der Waals surface area contributed by atoms with Gasteiger partial charge in [0.05, 0.1) is 5.69 Å². The molecule has 0 bridgehead atoms. The van der Waals surface area contributed by atoms with Gasteiger partial charge in [-0.1, -0.05) is 6.07 Å². The average Bonchev–Trinajstić information content (AvgIpc) is 2.14. The van der Waals surface area contributed by atoms with Gasteiger partial charge in [0.25, 0.3) is 0 Å². The van der Waals surface area contributed by atoms with Gasteiger partial charge in [0.1, 0.15) is 17.3 Å². The molecule has 1 heterocycles. The van der Waals surface area contributed by atoms with Gasteiger partial charge in [-0.2, -0.15) is 0 Å². The number of pyridine rings is 1. The van der Waals surface area contributed by atoms with Crippen LogP contribution in [-0.2, 0) is 11.2 Å². The van der Waals surface area contributed by atoms with Crippen molar-refractivity contribution in [1.82, 2.24) is 4.98 Å². The smallest absolute Gasteiger partial charge is 0.135 e. The van der Waals surface area contributed by atoms with Gasteiger partial charge in [-0.3, -0.25) is 4.79 Å². The lowest BCUT2D eigenvalue weighted by molar-refractivity contribution is -0.116. The van der Waals surface area contributed by atoms with E-state index in [2.05, 4.69) is 10.3 Å². The number of hydrogen-bond donors (Lipinski definition) is 1. The summed E-state index contributed by atoms with van der Waals surface area (Å²) >= 11 is 0. The SMILES string of the molecule is CC(=O)Cc1cccc(NC2CC(C)(F)C2)n1. The lowest BCUT2D eigenvalue weighted by Crippen LogP contribution is -2.45. The highest BCUT2D eigenvalue weighted by Gasteiger charge is 2.40. The molecule has 0 spiro atoms. The summed E-state index contributed by atoms with van der Waals surface area (Å²) < 4.78 is 13.3. The van der Waals surface area contributed by atoms with Gasteiger partial charge in [0.15, 0.2) is 0 Å². The summed E-state index contributed by atoms with van der Waals surface area (Å²) in [5, 5.41) is 3.19. The minimum atomic E-state index is -1.03. The second-order valence-electron chi connectivity index (χ2n) is 5.06. The quantitative estimate of drug-likeness (QED) is 0.873. The number of nitrogens with one attached hydrogen (secondary N) is 1. The number of hydrogen-bond acceptors (Lipinski definition) is 3. The zero-order chi connectivity index (χ0) is 12.5. The van der Waals surface area contributed by atoms with E-state index in [-0.39, 0.29) is 11.8 Å². The monoisotopic (exact) mass is 236 g/mol. The van der Waals surface area contributed by atoms with Crippen LogP contribution in [0.25, 0.3) is 0 Å². The first-order valence-electron chi connectivity index (χ1n) is 5.85. The molecule has 2 rings (SSSR count). The molecule has 0 atom stereocenters. The van der Waals surface area contributed by atoms with Crippen molar-refractivity contribution in [2.24, 2.45) is 0 Å². The normalized spacial score (nSPS) is 27.4. The third kappa shape index (κ3) is 3.25. The van der Waals surface area contributed by atoms with Crippen molar-refractivity contribution in [3.8, 4) is 0 Å². The van der Waals surface area contributed by atoms with E-state index in [1.807, 2.05) is 18.2 Å². The number of carbonyl (C=O) groups excluding carboxylic acids is 1. The summed E-state index contributed by atoms with van der Waals surface area (Å²) in [7, 11) is 0. The van der Waals surface area contributed by atoms with Crippen LogP contribution in [0, 0.1) is 0 Å². The number of alkyl halides is 1. The van der Waals surface area contributed by atoms with Crippen LogP contribution in [0.5, 0.6) is 0 Å². The predicted octanol–water partition coefficient (Wildman–Crippen LogP) is 2.52. The number of anilines is 1. The van der Waals surface area contributed by atoms with Crippen LogP contribution >= 0.6 is 0 Å². The Labute approximate surface area is 100 Å². The van der Waals surface area contributed by atoms with Crippen LogP contribution in [0.1, 0.15) is 32.4 Å². The minimum absolute atomic E-state index is 0.0922. The molecule has 1 aliphatic carbocycles. The maximum Gasteiger partial charge on any atom is 0.135 e. The molecule has 0 unspecified atom stereocenters. The molecule has 1 fully saturated rings. The predicted molar refractivity (Wildman–Crippen MR) is 64.8 cm³/mol. The van der Waals surface area contributed by atoms with Crippen LogP contribution in [0.3, 0.4) is 0 Å². The maximum absolute atomic E-state index is 13.3. The Kier molecular flexibility index (Phi) is 3.13. The largest absolute Gasteiger partial charge is 0.367 e. The first-order valence-corrected chi connectivity index (χ1v) is 5.85. The zero-order valence-corrected chi connectivity index (χ0v) is 10.2.